The lowest BCUT2D eigenvalue weighted by atomic mass is 10.1. The van der Waals surface area contributed by atoms with Crippen molar-refractivity contribution in [3.8, 4) is 17.0 Å². The van der Waals surface area contributed by atoms with Gasteiger partial charge in [-0.15, -0.1) is 0 Å². The minimum atomic E-state index is -0.738. The van der Waals surface area contributed by atoms with Crippen molar-refractivity contribution >= 4 is 0 Å². The van der Waals surface area contributed by atoms with Gasteiger partial charge in [0.15, 0.2) is 0 Å². The third-order valence-corrected chi connectivity index (χ3v) is 3.26. The highest BCUT2D eigenvalue weighted by Gasteiger charge is 2.18. The van der Waals surface area contributed by atoms with E-state index >= 15 is 0 Å². The zero-order chi connectivity index (χ0) is 14.9. The number of hydrogen-bond donors (Lipinski definition) is 2. The summed E-state index contributed by atoms with van der Waals surface area (Å²) in [4.78, 5) is 25.8. The van der Waals surface area contributed by atoms with Crippen molar-refractivity contribution in [2.45, 2.75) is 26.3 Å². The molecule has 0 saturated heterocycles. The predicted octanol–water partition coefficient (Wildman–Crippen LogP) is 2.02. The number of H-pyrrole nitrogens is 1. The van der Waals surface area contributed by atoms with E-state index in [4.69, 9.17) is 0 Å². The number of nitrogens with zero attached hydrogens (tertiary/aromatic N) is 1. The molecule has 0 amide bonds. The Hall–Kier alpha value is -2.37. The molecule has 1 atom stereocenters. The summed E-state index contributed by atoms with van der Waals surface area (Å²) < 4.78 is 14.4. The van der Waals surface area contributed by atoms with Gasteiger partial charge in [-0.3, -0.25) is 14.3 Å². The molecule has 1 aromatic heterocycles. The van der Waals surface area contributed by atoms with Gasteiger partial charge in [0.05, 0.1) is 0 Å². The van der Waals surface area contributed by atoms with Crippen LogP contribution in [0.5, 0.6) is 5.88 Å². The second-order valence-corrected chi connectivity index (χ2v) is 4.60. The number of nitrogens with one attached hydrogen (secondary N) is 1. The van der Waals surface area contributed by atoms with Gasteiger partial charge in [0.1, 0.15) is 11.4 Å². The van der Waals surface area contributed by atoms with Crippen molar-refractivity contribution in [1.29, 1.82) is 0 Å². The standard InChI is InChI=1S/C14H15FN2O3/c1-3-8(2)17-13(19)11(12(18)16-14(17)20)9-5-4-6-10(15)7-9/h4-8,19H,3H2,1-2H3,(H,16,18,20). The highest BCUT2D eigenvalue weighted by atomic mass is 19.1. The molecule has 1 aromatic carbocycles. The third-order valence-electron chi connectivity index (χ3n) is 3.26. The maximum atomic E-state index is 13.3. The van der Waals surface area contributed by atoms with Gasteiger partial charge in [-0.05, 0) is 31.0 Å². The molecule has 0 radical (unpaired) electrons. The summed E-state index contributed by atoms with van der Waals surface area (Å²) in [6.45, 7) is 3.60. The topological polar surface area (TPSA) is 75.1 Å². The van der Waals surface area contributed by atoms with Gasteiger partial charge in [0.25, 0.3) is 5.56 Å². The molecular weight excluding hydrogens is 263 g/mol. The van der Waals surface area contributed by atoms with E-state index in [-0.39, 0.29) is 17.2 Å². The molecule has 1 unspecified atom stereocenters. The maximum Gasteiger partial charge on any atom is 0.331 e. The van der Waals surface area contributed by atoms with E-state index < -0.39 is 22.9 Å². The van der Waals surface area contributed by atoms with Crippen LogP contribution in [0.4, 0.5) is 4.39 Å². The highest BCUT2D eigenvalue weighted by Crippen LogP contribution is 2.27. The zero-order valence-electron chi connectivity index (χ0n) is 11.2. The Labute approximate surface area is 114 Å². The smallest absolute Gasteiger partial charge is 0.331 e. The van der Waals surface area contributed by atoms with Gasteiger partial charge >= 0.3 is 5.69 Å². The van der Waals surface area contributed by atoms with Crippen LogP contribution in [-0.2, 0) is 0 Å². The summed E-state index contributed by atoms with van der Waals surface area (Å²) in [7, 11) is 0. The highest BCUT2D eigenvalue weighted by molar-refractivity contribution is 5.67. The summed E-state index contributed by atoms with van der Waals surface area (Å²) in [6.07, 6.45) is 0.599. The van der Waals surface area contributed by atoms with Crippen LogP contribution in [0.3, 0.4) is 0 Å². The largest absolute Gasteiger partial charge is 0.494 e. The lowest BCUT2D eigenvalue weighted by Gasteiger charge is -2.16. The monoisotopic (exact) mass is 278 g/mol. The summed E-state index contributed by atoms with van der Waals surface area (Å²) in [5.74, 6) is -0.971. The zero-order valence-corrected chi connectivity index (χ0v) is 11.2. The van der Waals surface area contributed by atoms with Gasteiger partial charge in [-0.25, -0.2) is 9.18 Å². The first kappa shape index (κ1) is 14.0. The minimum absolute atomic E-state index is 0.107. The second kappa shape index (κ2) is 5.32. The van der Waals surface area contributed by atoms with Crippen molar-refractivity contribution in [3.05, 3.63) is 50.9 Å². The molecule has 20 heavy (non-hydrogen) atoms. The predicted molar refractivity (Wildman–Crippen MR) is 73.4 cm³/mol. The lowest BCUT2D eigenvalue weighted by molar-refractivity contribution is 0.369. The van der Waals surface area contributed by atoms with Crippen LogP contribution in [-0.4, -0.2) is 14.7 Å². The molecule has 2 aromatic rings. The van der Waals surface area contributed by atoms with Crippen LogP contribution < -0.4 is 11.2 Å². The Morgan fingerprint density at radius 3 is 2.70 bits per heavy atom. The Kier molecular flexibility index (Phi) is 3.74. The van der Waals surface area contributed by atoms with Crippen LogP contribution in [0, 0.1) is 5.82 Å². The van der Waals surface area contributed by atoms with Crippen molar-refractivity contribution in [3.63, 3.8) is 0 Å². The molecule has 5 nitrogen and oxygen atoms in total. The maximum absolute atomic E-state index is 13.3. The van der Waals surface area contributed by atoms with E-state index in [1.165, 1.54) is 18.2 Å². The molecule has 0 aliphatic heterocycles. The first-order valence-corrected chi connectivity index (χ1v) is 6.29. The van der Waals surface area contributed by atoms with Crippen LogP contribution in [0.25, 0.3) is 11.1 Å². The number of aromatic amines is 1. The lowest BCUT2D eigenvalue weighted by Crippen LogP contribution is -2.32. The first-order chi connectivity index (χ1) is 9.45. The van der Waals surface area contributed by atoms with E-state index in [1.807, 2.05) is 6.92 Å². The Balaban J connectivity index is 2.78. The summed E-state index contributed by atoms with van der Waals surface area (Å²) in [6, 6.07) is 5.02. The van der Waals surface area contributed by atoms with Gasteiger partial charge in [0, 0.05) is 6.04 Å². The fourth-order valence-corrected chi connectivity index (χ4v) is 2.03. The van der Waals surface area contributed by atoms with Gasteiger partial charge < -0.3 is 5.11 Å². The molecule has 0 fully saturated rings. The Bertz CT molecular complexity index is 749. The molecule has 1 heterocycles. The SMILES string of the molecule is CCC(C)n1c(O)c(-c2cccc(F)c2)c(=O)[nH]c1=O. The van der Waals surface area contributed by atoms with Crippen molar-refractivity contribution in [2.75, 3.05) is 0 Å². The van der Waals surface area contributed by atoms with Gasteiger partial charge in [-0.1, -0.05) is 19.1 Å². The Morgan fingerprint density at radius 2 is 2.10 bits per heavy atom. The molecule has 6 heteroatoms. The molecule has 0 bridgehead atoms. The van der Waals surface area contributed by atoms with Gasteiger partial charge in [-0.2, -0.15) is 0 Å². The Morgan fingerprint density at radius 1 is 1.40 bits per heavy atom. The number of aromatic nitrogens is 2. The molecule has 0 aliphatic carbocycles. The van der Waals surface area contributed by atoms with Crippen LogP contribution >= 0.6 is 0 Å². The number of rotatable bonds is 3. The number of aromatic hydroxyl groups is 1. The summed E-state index contributed by atoms with van der Waals surface area (Å²) in [5, 5.41) is 10.2. The van der Waals surface area contributed by atoms with Crippen LogP contribution in [0.15, 0.2) is 33.9 Å². The molecule has 2 N–H and O–H groups in total. The average molecular weight is 278 g/mol. The summed E-state index contributed by atoms with van der Waals surface area (Å²) in [5.41, 5.74) is -1.30. The van der Waals surface area contributed by atoms with E-state index in [9.17, 15) is 19.1 Å². The van der Waals surface area contributed by atoms with E-state index in [0.29, 0.717) is 6.42 Å². The molecule has 106 valence electrons. The molecule has 0 aliphatic rings. The van der Waals surface area contributed by atoms with E-state index in [0.717, 1.165) is 10.6 Å². The fourth-order valence-electron chi connectivity index (χ4n) is 2.03. The van der Waals surface area contributed by atoms with Crippen molar-refractivity contribution in [1.82, 2.24) is 9.55 Å². The number of hydrogen-bond acceptors (Lipinski definition) is 3. The summed E-state index contributed by atoms with van der Waals surface area (Å²) >= 11 is 0. The molecular formula is C14H15FN2O3. The third kappa shape index (κ3) is 2.36. The van der Waals surface area contributed by atoms with Crippen LogP contribution in [0.2, 0.25) is 0 Å². The number of halogens is 1. The van der Waals surface area contributed by atoms with Gasteiger partial charge in [0.2, 0.25) is 5.88 Å². The number of benzene rings is 1. The second-order valence-electron chi connectivity index (χ2n) is 4.60. The minimum Gasteiger partial charge on any atom is -0.494 e. The first-order valence-electron chi connectivity index (χ1n) is 6.29. The average Bonchev–Trinajstić information content (AvgIpc) is 2.37. The quantitative estimate of drug-likeness (QED) is 0.902. The van der Waals surface area contributed by atoms with Crippen molar-refractivity contribution < 1.29 is 9.50 Å². The van der Waals surface area contributed by atoms with Crippen LogP contribution in [0.1, 0.15) is 26.3 Å². The molecule has 2 rings (SSSR count). The normalized spacial score (nSPS) is 12.3. The fraction of sp³-hybridized carbons (Fsp3) is 0.286. The van der Waals surface area contributed by atoms with Crippen molar-refractivity contribution in [2.24, 2.45) is 0 Å². The van der Waals surface area contributed by atoms with E-state index in [2.05, 4.69) is 4.98 Å². The molecule has 0 spiro atoms. The van der Waals surface area contributed by atoms with E-state index in [1.54, 1.807) is 6.92 Å². The molecule has 0 saturated carbocycles.